The fourth-order valence-electron chi connectivity index (χ4n) is 2.75. The smallest absolute Gasteiger partial charge is 0.257 e. The van der Waals surface area contributed by atoms with Crippen molar-refractivity contribution in [2.24, 2.45) is 0 Å². The fourth-order valence-corrected chi connectivity index (χ4v) is 2.75. The van der Waals surface area contributed by atoms with E-state index in [0.29, 0.717) is 11.3 Å². The van der Waals surface area contributed by atoms with E-state index in [0.717, 1.165) is 36.3 Å². The van der Waals surface area contributed by atoms with Gasteiger partial charge in [-0.15, -0.1) is 0 Å². The molecule has 1 atom stereocenters. The lowest BCUT2D eigenvalue weighted by atomic mass is 10.2. The predicted octanol–water partition coefficient (Wildman–Crippen LogP) is 3.06. The molecule has 4 rings (SSSR count). The number of aromatic amines is 1. The monoisotopic (exact) mass is 308 g/mol. The van der Waals surface area contributed by atoms with Crippen LogP contribution in [0.25, 0.3) is 11.0 Å². The van der Waals surface area contributed by atoms with Gasteiger partial charge in [-0.25, -0.2) is 4.98 Å². The minimum atomic E-state index is -0.184. The summed E-state index contributed by atoms with van der Waals surface area (Å²) in [5.74, 6) is 0.671. The van der Waals surface area contributed by atoms with Crippen LogP contribution in [-0.2, 0) is 4.74 Å². The van der Waals surface area contributed by atoms with Crippen molar-refractivity contribution >= 4 is 22.6 Å². The Labute approximate surface area is 132 Å². The maximum absolute atomic E-state index is 12.2. The highest BCUT2D eigenvalue weighted by atomic mass is 16.5. The first-order valence-corrected chi connectivity index (χ1v) is 7.62. The highest BCUT2D eigenvalue weighted by Gasteiger charge is 2.21. The van der Waals surface area contributed by atoms with Gasteiger partial charge in [-0.1, -0.05) is 0 Å². The Hall–Kier alpha value is -2.73. The van der Waals surface area contributed by atoms with Crippen molar-refractivity contribution in [2.75, 3.05) is 11.9 Å². The van der Waals surface area contributed by atoms with Gasteiger partial charge in [-0.2, -0.15) is 0 Å². The van der Waals surface area contributed by atoms with E-state index in [4.69, 9.17) is 4.74 Å². The van der Waals surface area contributed by atoms with Crippen LogP contribution in [0.4, 0.5) is 5.69 Å². The zero-order valence-corrected chi connectivity index (χ0v) is 12.5. The number of imidazole rings is 1. The van der Waals surface area contributed by atoms with Gasteiger partial charge >= 0.3 is 0 Å². The third-order valence-electron chi connectivity index (χ3n) is 3.92. The number of anilines is 1. The topological polar surface area (TPSA) is 79.9 Å². The lowest BCUT2D eigenvalue weighted by Crippen LogP contribution is -2.11. The SMILES string of the molecule is O=C(Nc1ccc2nc([C@H]3CCCO3)[nH]c2c1)c1cccnc1. The van der Waals surface area contributed by atoms with Crippen molar-refractivity contribution in [2.45, 2.75) is 18.9 Å². The minimum Gasteiger partial charge on any atom is -0.370 e. The summed E-state index contributed by atoms with van der Waals surface area (Å²) in [4.78, 5) is 24.0. The third-order valence-corrected chi connectivity index (χ3v) is 3.92. The van der Waals surface area contributed by atoms with Crippen molar-refractivity contribution in [3.63, 3.8) is 0 Å². The Bertz CT molecular complexity index is 838. The van der Waals surface area contributed by atoms with E-state index >= 15 is 0 Å². The van der Waals surface area contributed by atoms with Crippen molar-refractivity contribution in [3.05, 3.63) is 54.1 Å². The average Bonchev–Trinajstić information content (AvgIpc) is 3.24. The highest BCUT2D eigenvalue weighted by Crippen LogP contribution is 2.28. The molecule has 0 unspecified atom stereocenters. The second-order valence-electron chi connectivity index (χ2n) is 5.55. The zero-order chi connectivity index (χ0) is 15.6. The van der Waals surface area contributed by atoms with Crippen molar-refractivity contribution in [1.82, 2.24) is 15.0 Å². The number of aromatic nitrogens is 3. The summed E-state index contributed by atoms with van der Waals surface area (Å²) in [7, 11) is 0. The molecule has 0 saturated carbocycles. The lowest BCUT2D eigenvalue weighted by Gasteiger charge is -2.04. The van der Waals surface area contributed by atoms with Crippen molar-refractivity contribution < 1.29 is 9.53 Å². The number of nitrogens with zero attached hydrogens (tertiary/aromatic N) is 2. The van der Waals surface area contributed by atoms with Gasteiger partial charge in [0, 0.05) is 24.7 Å². The van der Waals surface area contributed by atoms with Crippen LogP contribution in [0.3, 0.4) is 0 Å². The molecule has 6 heteroatoms. The second-order valence-corrected chi connectivity index (χ2v) is 5.55. The number of hydrogen-bond donors (Lipinski definition) is 2. The van der Waals surface area contributed by atoms with E-state index in [9.17, 15) is 4.79 Å². The molecule has 3 heterocycles. The summed E-state index contributed by atoms with van der Waals surface area (Å²) in [6.45, 7) is 0.786. The number of hydrogen-bond acceptors (Lipinski definition) is 4. The number of amides is 1. The maximum Gasteiger partial charge on any atom is 0.257 e. The molecule has 1 fully saturated rings. The number of pyridine rings is 1. The Morgan fingerprint density at radius 3 is 3.09 bits per heavy atom. The average molecular weight is 308 g/mol. The molecule has 6 nitrogen and oxygen atoms in total. The number of carbonyl (C=O) groups is 1. The molecule has 23 heavy (non-hydrogen) atoms. The quantitative estimate of drug-likeness (QED) is 0.779. The molecule has 0 aliphatic carbocycles. The molecule has 1 amide bonds. The molecular formula is C17H16N4O2. The zero-order valence-electron chi connectivity index (χ0n) is 12.5. The Morgan fingerprint density at radius 2 is 2.30 bits per heavy atom. The van der Waals surface area contributed by atoms with Gasteiger partial charge < -0.3 is 15.0 Å². The highest BCUT2D eigenvalue weighted by molar-refractivity contribution is 6.04. The molecular weight excluding hydrogens is 292 g/mol. The summed E-state index contributed by atoms with van der Waals surface area (Å²) in [6.07, 6.45) is 5.29. The van der Waals surface area contributed by atoms with Crippen LogP contribution in [0.15, 0.2) is 42.7 Å². The number of nitrogens with one attached hydrogen (secondary N) is 2. The van der Waals surface area contributed by atoms with Crippen LogP contribution in [0.5, 0.6) is 0 Å². The first-order chi connectivity index (χ1) is 11.3. The fraction of sp³-hybridized carbons (Fsp3) is 0.235. The van der Waals surface area contributed by atoms with E-state index in [1.807, 2.05) is 18.2 Å². The molecule has 0 bridgehead atoms. The normalized spacial score (nSPS) is 17.5. The number of H-pyrrole nitrogens is 1. The van der Waals surface area contributed by atoms with Gasteiger partial charge in [0.15, 0.2) is 0 Å². The number of fused-ring (bicyclic) bond motifs is 1. The molecule has 116 valence electrons. The molecule has 1 aliphatic rings. The Morgan fingerprint density at radius 1 is 1.35 bits per heavy atom. The Kier molecular flexibility index (Phi) is 3.51. The van der Waals surface area contributed by atoms with Gasteiger partial charge in [-0.05, 0) is 43.2 Å². The van der Waals surface area contributed by atoms with Crippen LogP contribution in [0, 0.1) is 0 Å². The second kappa shape index (κ2) is 5.81. The lowest BCUT2D eigenvalue weighted by molar-refractivity contribution is 0.102. The number of rotatable bonds is 3. The van der Waals surface area contributed by atoms with Crippen LogP contribution >= 0.6 is 0 Å². The number of carbonyl (C=O) groups excluding carboxylic acids is 1. The summed E-state index contributed by atoms with van der Waals surface area (Å²) >= 11 is 0. The molecule has 1 aliphatic heterocycles. The largest absolute Gasteiger partial charge is 0.370 e. The van der Waals surface area contributed by atoms with Crippen LogP contribution in [0.1, 0.15) is 35.1 Å². The van der Waals surface area contributed by atoms with Gasteiger partial charge in [-0.3, -0.25) is 9.78 Å². The number of benzene rings is 1. The molecule has 1 aromatic carbocycles. The van der Waals surface area contributed by atoms with Crippen LogP contribution < -0.4 is 5.32 Å². The van der Waals surface area contributed by atoms with Crippen molar-refractivity contribution in [1.29, 1.82) is 0 Å². The van der Waals surface area contributed by atoms with Crippen LogP contribution in [0.2, 0.25) is 0 Å². The molecule has 0 spiro atoms. The molecule has 2 aromatic heterocycles. The van der Waals surface area contributed by atoms with Gasteiger partial charge in [0.1, 0.15) is 11.9 Å². The predicted molar refractivity (Wildman–Crippen MR) is 86.2 cm³/mol. The molecule has 2 N–H and O–H groups in total. The summed E-state index contributed by atoms with van der Waals surface area (Å²) in [5.41, 5.74) is 3.00. The number of ether oxygens (including phenoxy) is 1. The third kappa shape index (κ3) is 2.80. The van der Waals surface area contributed by atoms with Gasteiger partial charge in [0.2, 0.25) is 0 Å². The van der Waals surface area contributed by atoms with Crippen LogP contribution in [-0.4, -0.2) is 27.5 Å². The van der Waals surface area contributed by atoms with E-state index in [2.05, 4.69) is 20.3 Å². The Balaban J connectivity index is 1.57. The molecule has 3 aromatic rings. The first kappa shape index (κ1) is 13.9. The standard InChI is InChI=1S/C17H16N4O2/c22-17(11-3-1-7-18-10-11)19-12-5-6-13-14(9-12)21-16(20-13)15-4-2-8-23-15/h1,3,5-7,9-10,15H,2,4,8H2,(H,19,22)(H,20,21)/t15-/m1/s1. The molecule has 1 saturated heterocycles. The minimum absolute atomic E-state index is 0.0517. The summed E-state index contributed by atoms with van der Waals surface area (Å²) in [6, 6.07) is 9.09. The van der Waals surface area contributed by atoms with Gasteiger partial charge in [0.05, 0.1) is 16.6 Å². The van der Waals surface area contributed by atoms with E-state index in [-0.39, 0.29) is 12.0 Å². The summed E-state index contributed by atoms with van der Waals surface area (Å²) < 4.78 is 5.65. The van der Waals surface area contributed by atoms with Gasteiger partial charge in [0.25, 0.3) is 5.91 Å². The molecule has 0 radical (unpaired) electrons. The summed E-state index contributed by atoms with van der Waals surface area (Å²) in [5, 5.41) is 2.87. The van der Waals surface area contributed by atoms with Crippen molar-refractivity contribution in [3.8, 4) is 0 Å². The first-order valence-electron chi connectivity index (χ1n) is 7.62. The maximum atomic E-state index is 12.2. The van der Waals surface area contributed by atoms with E-state index in [1.54, 1.807) is 24.5 Å². The van der Waals surface area contributed by atoms with E-state index in [1.165, 1.54) is 0 Å². The van der Waals surface area contributed by atoms with E-state index < -0.39 is 0 Å².